The highest BCUT2D eigenvalue weighted by molar-refractivity contribution is 5.73. The van der Waals surface area contributed by atoms with Gasteiger partial charge in [0.1, 0.15) is 5.75 Å². The van der Waals surface area contributed by atoms with E-state index in [-0.39, 0.29) is 11.9 Å². The average Bonchev–Trinajstić information content (AvgIpc) is 3.09. The molecule has 0 aliphatic carbocycles. The molecule has 1 amide bonds. The molecule has 3 rings (SSSR count). The van der Waals surface area contributed by atoms with Gasteiger partial charge < -0.3 is 9.64 Å². The van der Waals surface area contributed by atoms with Gasteiger partial charge in [-0.1, -0.05) is 48.5 Å². The molecule has 28 heavy (non-hydrogen) atoms. The molecule has 0 saturated carbocycles. The summed E-state index contributed by atoms with van der Waals surface area (Å²) in [4.78, 5) is 16.7. The number of hydrogen-bond donors (Lipinski definition) is 0. The van der Waals surface area contributed by atoms with Crippen LogP contribution in [0.25, 0.3) is 0 Å². The lowest BCUT2D eigenvalue weighted by molar-refractivity contribution is -0.131. The molecule has 1 aliphatic heterocycles. The second-order valence-electron chi connectivity index (χ2n) is 8.05. The van der Waals surface area contributed by atoms with Crippen molar-refractivity contribution in [2.75, 3.05) is 26.7 Å². The van der Waals surface area contributed by atoms with E-state index in [9.17, 15) is 4.79 Å². The monoisotopic (exact) mass is 380 g/mol. The maximum absolute atomic E-state index is 12.2. The van der Waals surface area contributed by atoms with Gasteiger partial charge in [-0.3, -0.25) is 9.69 Å². The van der Waals surface area contributed by atoms with E-state index < -0.39 is 0 Å². The molecule has 0 aromatic heterocycles. The van der Waals surface area contributed by atoms with E-state index in [1.807, 2.05) is 17.0 Å². The lowest BCUT2D eigenvalue weighted by Crippen LogP contribution is -2.40. The van der Waals surface area contributed by atoms with E-state index in [2.05, 4.69) is 61.2 Å². The maximum Gasteiger partial charge on any atom is 0.219 e. The summed E-state index contributed by atoms with van der Waals surface area (Å²) in [6.07, 6.45) is 0. The molecular weight excluding hydrogens is 348 g/mol. The predicted molar refractivity (Wildman–Crippen MR) is 113 cm³/mol. The SMILES string of the molecule is COc1ccccc1CN1CC(CN(C(C)=O)C(C)C)C(c2ccccc2)C1. The van der Waals surface area contributed by atoms with Crippen LogP contribution >= 0.6 is 0 Å². The fraction of sp³-hybridized carbons (Fsp3) is 0.458. The van der Waals surface area contributed by atoms with E-state index in [4.69, 9.17) is 4.74 Å². The number of nitrogens with zero attached hydrogens (tertiary/aromatic N) is 2. The highest BCUT2D eigenvalue weighted by Crippen LogP contribution is 2.35. The summed E-state index contributed by atoms with van der Waals surface area (Å²) in [7, 11) is 1.73. The summed E-state index contributed by atoms with van der Waals surface area (Å²) in [6, 6.07) is 19.2. The van der Waals surface area contributed by atoms with Gasteiger partial charge in [0.05, 0.1) is 7.11 Å². The smallest absolute Gasteiger partial charge is 0.219 e. The number of hydrogen-bond acceptors (Lipinski definition) is 3. The van der Waals surface area contributed by atoms with Crippen LogP contribution in [-0.4, -0.2) is 48.5 Å². The summed E-state index contributed by atoms with van der Waals surface area (Å²) in [5.74, 6) is 1.94. The van der Waals surface area contributed by atoms with Gasteiger partial charge in [0.2, 0.25) is 5.91 Å². The van der Waals surface area contributed by atoms with Crippen LogP contribution in [0, 0.1) is 5.92 Å². The van der Waals surface area contributed by atoms with E-state index in [1.165, 1.54) is 11.1 Å². The lowest BCUT2D eigenvalue weighted by Gasteiger charge is -2.30. The van der Waals surface area contributed by atoms with Gasteiger partial charge in [-0.05, 0) is 31.4 Å². The van der Waals surface area contributed by atoms with Crippen molar-refractivity contribution in [3.05, 3.63) is 65.7 Å². The quantitative estimate of drug-likeness (QED) is 0.723. The minimum atomic E-state index is 0.157. The van der Waals surface area contributed by atoms with Crippen molar-refractivity contribution in [1.82, 2.24) is 9.80 Å². The third-order valence-electron chi connectivity index (χ3n) is 5.79. The topological polar surface area (TPSA) is 32.8 Å². The minimum absolute atomic E-state index is 0.157. The number of benzene rings is 2. The molecule has 1 fully saturated rings. The number of amides is 1. The van der Waals surface area contributed by atoms with Gasteiger partial charge in [0.15, 0.2) is 0 Å². The molecule has 2 atom stereocenters. The van der Waals surface area contributed by atoms with Crippen LogP contribution in [0.2, 0.25) is 0 Å². The fourth-order valence-corrected chi connectivity index (χ4v) is 4.38. The van der Waals surface area contributed by atoms with Crippen LogP contribution < -0.4 is 4.74 Å². The zero-order valence-corrected chi connectivity index (χ0v) is 17.5. The number of rotatable bonds is 7. The first-order valence-corrected chi connectivity index (χ1v) is 10.2. The third kappa shape index (κ3) is 4.74. The number of carbonyl (C=O) groups is 1. The number of methoxy groups -OCH3 is 1. The molecule has 0 radical (unpaired) electrons. The van der Waals surface area contributed by atoms with E-state index in [1.54, 1.807) is 14.0 Å². The van der Waals surface area contributed by atoms with Crippen molar-refractivity contribution >= 4 is 5.91 Å². The molecule has 0 N–H and O–H groups in total. The molecular formula is C24H32N2O2. The number of para-hydroxylation sites is 1. The first kappa shape index (κ1) is 20.4. The first-order valence-electron chi connectivity index (χ1n) is 10.2. The summed E-state index contributed by atoms with van der Waals surface area (Å²) >= 11 is 0. The molecule has 2 unspecified atom stereocenters. The van der Waals surface area contributed by atoms with Gasteiger partial charge >= 0.3 is 0 Å². The van der Waals surface area contributed by atoms with E-state index in [0.717, 1.165) is 31.9 Å². The third-order valence-corrected chi connectivity index (χ3v) is 5.79. The van der Waals surface area contributed by atoms with Crippen LogP contribution in [0.1, 0.15) is 37.8 Å². The first-order chi connectivity index (χ1) is 13.5. The van der Waals surface area contributed by atoms with E-state index >= 15 is 0 Å². The Bertz CT molecular complexity index is 775. The summed E-state index contributed by atoms with van der Waals surface area (Å²) in [6.45, 7) is 9.52. The second-order valence-corrected chi connectivity index (χ2v) is 8.05. The van der Waals surface area contributed by atoms with Crippen LogP contribution in [0.5, 0.6) is 5.75 Å². The molecule has 2 aromatic rings. The lowest BCUT2D eigenvalue weighted by atomic mass is 9.88. The van der Waals surface area contributed by atoms with Crippen LogP contribution in [0.4, 0.5) is 0 Å². The van der Waals surface area contributed by atoms with Crippen molar-refractivity contribution in [2.24, 2.45) is 5.92 Å². The molecule has 1 aliphatic rings. The largest absolute Gasteiger partial charge is 0.496 e. The molecule has 4 heteroatoms. The van der Waals surface area contributed by atoms with Crippen LogP contribution in [0.15, 0.2) is 54.6 Å². The van der Waals surface area contributed by atoms with Crippen molar-refractivity contribution in [3.8, 4) is 5.75 Å². The number of ether oxygens (including phenoxy) is 1. The number of likely N-dealkylation sites (tertiary alicyclic amines) is 1. The van der Waals surface area contributed by atoms with Crippen LogP contribution in [-0.2, 0) is 11.3 Å². The Labute approximate surface area is 169 Å². The Morgan fingerprint density at radius 2 is 1.79 bits per heavy atom. The van der Waals surface area contributed by atoms with Crippen molar-refractivity contribution in [3.63, 3.8) is 0 Å². The van der Waals surface area contributed by atoms with Gasteiger partial charge in [0.25, 0.3) is 0 Å². The van der Waals surface area contributed by atoms with Gasteiger partial charge in [-0.25, -0.2) is 0 Å². The minimum Gasteiger partial charge on any atom is -0.496 e. The Morgan fingerprint density at radius 1 is 1.11 bits per heavy atom. The normalized spacial score (nSPS) is 19.8. The zero-order chi connectivity index (χ0) is 20.1. The Morgan fingerprint density at radius 3 is 2.43 bits per heavy atom. The Balaban J connectivity index is 1.81. The second kappa shape index (κ2) is 9.24. The molecule has 1 heterocycles. The van der Waals surface area contributed by atoms with Crippen molar-refractivity contribution < 1.29 is 9.53 Å². The predicted octanol–water partition coefficient (Wildman–Crippen LogP) is 4.17. The molecule has 0 spiro atoms. The van der Waals surface area contributed by atoms with Crippen molar-refractivity contribution in [2.45, 2.75) is 39.3 Å². The van der Waals surface area contributed by atoms with Gasteiger partial charge in [-0.2, -0.15) is 0 Å². The summed E-state index contributed by atoms with van der Waals surface area (Å²) < 4.78 is 5.54. The highest BCUT2D eigenvalue weighted by atomic mass is 16.5. The van der Waals surface area contributed by atoms with Crippen molar-refractivity contribution in [1.29, 1.82) is 0 Å². The molecule has 1 saturated heterocycles. The fourth-order valence-electron chi connectivity index (χ4n) is 4.38. The molecule has 2 aromatic carbocycles. The number of carbonyl (C=O) groups excluding carboxylic acids is 1. The molecule has 150 valence electrons. The summed E-state index contributed by atoms with van der Waals surface area (Å²) in [5.41, 5.74) is 2.58. The Kier molecular flexibility index (Phi) is 6.74. The summed E-state index contributed by atoms with van der Waals surface area (Å²) in [5, 5.41) is 0. The highest BCUT2D eigenvalue weighted by Gasteiger charge is 2.36. The standard InChI is InChI=1S/C24H32N2O2/c1-18(2)26(19(3)27)16-22-15-25(14-21-12-8-9-13-24(21)28-4)17-23(22)20-10-6-5-7-11-20/h5-13,18,22-23H,14-17H2,1-4H3. The average molecular weight is 381 g/mol. The molecule has 4 nitrogen and oxygen atoms in total. The maximum atomic E-state index is 12.2. The van der Waals surface area contributed by atoms with Gasteiger partial charge in [-0.15, -0.1) is 0 Å². The van der Waals surface area contributed by atoms with Gasteiger partial charge in [0, 0.05) is 50.6 Å². The van der Waals surface area contributed by atoms with Crippen LogP contribution in [0.3, 0.4) is 0 Å². The Hall–Kier alpha value is -2.33. The zero-order valence-electron chi connectivity index (χ0n) is 17.5. The molecule has 0 bridgehead atoms. The van der Waals surface area contributed by atoms with E-state index in [0.29, 0.717) is 11.8 Å².